The topological polar surface area (TPSA) is 72.2 Å². The lowest BCUT2D eigenvalue weighted by Crippen LogP contribution is -2.37. The van der Waals surface area contributed by atoms with Gasteiger partial charge in [-0.25, -0.2) is 0 Å². The standard InChI is InChI=1S/C9H16N4O2S/c1-14-6-2-4-10-9(16)11-5-3-8-12-7-15-13-8/h7H,2-6H2,1H3,(H2,10,11,16). The molecule has 1 heterocycles. The molecule has 0 saturated carbocycles. The molecular weight excluding hydrogens is 228 g/mol. The summed E-state index contributed by atoms with van der Waals surface area (Å²) in [6, 6.07) is 0. The van der Waals surface area contributed by atoms with Crippen molar-refractivity contribution in [3.63, 3.8) is 0 Å². The molecule has 0 unspecified atom stereocenters. The second-order valence-electron chi connectivity index (χ2n) is 3.13. The molecule has 7 heteroatoms. The smallest absolute Gasteiger partial charge is 0.213 e. The summed E-state index contributed by atoms with van der Waals surface area (Å²) in [6.07, 6.45) is 2.94. The summed E-state index contributed by atoms with van der Waals surface area (Å²) in [6.45, 7) is 2.23. The third kappa shape index (κ3) is 5.62. The summed E-state index contributed by atoms with van der Waals surface area (Å²) < 4.78 is 9.54. The van der Waals surface area contributed by atoms with E-state index in [0.717, 1.165) is 19.6 Å². The highest BCUT2D eigenvalue weighted by molar-refractivity contribution is 7.80. The van der Waals surface area contributed by atoms with Crippen molar-refractivity contribution >= 4 is 17.3 Å². The van der Waals surface area contributed by atoms with Crippen molar-refractivity contribution in [2.45, 2.75) is 12.8 Å². The fourth-order valence-electron chi connectivity index (χ4n) is 1.07. The highest BCUT2D eigenvalue weighted by atomic mass is 32.1. The summed E-state index contributed by atoms with van der Waals surface area (Å²) in [5, 5.41) is 10.5. The molecule has 1 aromatic heterocycles. The molecule has 0 atom stereocenters. The monoisotopic (exact) mass is 244 g/mol. The number of aromatic nitrogens is 2. The molecule has 0 spiro atoms. The molecule has 0 radical (unpaired) electrons. The molecule has 0 aromatic carbocycles. The molecule has 0 aliphatic rings. The van der Waals surface area contributed by atoms with Crippen molar-refractivity contribution < 1.29 is 9.26 Å². The van der Waals surface area contributed by atoms with E-state index in [1.54, 1.807) is 7.11 Å². The largest absolute Gasteiger partial charge is 0.385 e. The number of hydrogen-bond acceptors (Lipinski definition) is 5. The number of hydrogen-bond donors (Lipinski definition) is 2. The highest BCUT2D eigenvalue weighted by Crippen LogP contribution is 1.87. The summed E-state index contributed by atoms with van der Waals surface area (Å²) in [5.74, 6) is 0.676. The Morgan fingerprint density at radius 3 is 3.00 bits per heavy atom. The molecule has 1 rings (SSSR count). The van der Waals surface area contributed by atoms with Crippen LogP contribution in [0.1, 0.15) is 12.2 Å². The Kier molecular flexibility index (Phi) is 6.43. The summed E-state index contributed by atoms with van der Waals surface area (Å²) in [4.78, 5) is 3.90. The van der Waals surface area contributed by atoms with E-state index < -0.39 is 0 Å². The van der Waals surface area contributed by atoms with Crippen LogP contribution in [0.25, 0.3) is 0 Å². The Morgan fingerprint density at radius 2 is 2.31 bits per heavy atom. The first-order valence-corrected chi connectivity index (χ1v) is 5.49. The third-order valence-corrected chi connectivity index (χ3v) is 2.14. The maximum atomic E-state index is 5.07. The number of thiocarbonyl (C=S) groups is 1. The van der Waals surface area contributed by atoms with Crippen molar-refractivity contribution in [1.82, 2.24) is 20.8 Å². The molecule has 0 amide bonds. The Bertz CT molecular complexity index is 292. The first-order valence-electron chi connectivity index (χ1n) is 5.09. The Hall–Kier alpha value is -1.21. The minimum atomic E-state index is 0.639. The van der Waals surface area contributed by atoms with Crippen LogP contribution in [0, 0.1) is 0 Å². The normalized spacial score (nSPS) is 10.1. The molecule has 90 valence electrons. The van der Waals surface area contributed by atoms with Crippen molar-refractivity contribution in [2.24, 2.45) is 0 Å². The predicted octanol–water partition coefficient (Wildman–Crippen LogP) is 0.113. The van der Waals surface area contributed by atoms with Crippen LogP contribution in [-0.2, 0) is 11.2 Å². The Morgan fingerprint density at radius 1 is 1.50 bits per heavy atom. The van der Waals surface area contributed by atoms with Gasteiger partial charge in [-0.05, 0) is 18.6 Å². The number of methoxy groups -OCH3 is 1. The maximum Gasteiger partial charge on any atom is 0.213 e. The van der Waals surface area contributed by atoms with E-state index in [2.05, 4.69) is 25.3 Å². The summed E-state index contributed by atoms with van der Waals surface area (Å²) in [7, 11) is 1.68. The zero-order valence-electron chi connectivity index (χ0n) is 9.23. The predicted molar refractivity (Wildman–Crippen MR) is 63.1 cm³/mol. The average Bonchev–Trinajstić information content (AvgIpc) is 2.77. The minimum Gasteiger partial charge on any atom is -0.385 e. The van der Waals surface area contributed by atoms with Gasteiger partial charge in [0.15, 0.2) is 10.9 Å². The second-order valence-corrected chi connectivity index (χ2v) is 3.53. The third-order valence-electron chi connectivity index (χ3n) is 1.85. The SMILES string of the molecule is COCCCNC(=S)NCCc1ncon1. The van der Waals surface area contributed by atoms with Crippen LogP contribution in [-0.4, -0.2) is 42.1 Å². The quantitative estimate of drug-likeness (QED) is 0.521. The fraction of sp³-hybridized carbons (Fsp3) is 0.667. The van der Waals surface area contributed by atoms with Crippen molar-refractivity contribution in [1.29, 1.82) is 0 Å². The molecule has 0 saturated heterocycles. The number of nitrogens with zero attached hydrogens (tertiary/aromatic N) is 2. The Labute approximate surface area is 99.7 Å². The van der Waals surface area contributed by atoms with Crippen LogP contribution in [0.5, 0.6) is 0 Å². The van der Waals surface area contributed by atoms with Crippen LogP contribution in [0.15, 0.2) is 10.9 Å². The second kappa shape index (κ2) is 8.00. The molecule has 0 fully saturated rings. The lowest BCUT2D eigenvalue weighted by atomic mass is 10.4. The lowest BCUT2D eigenvalue weighted by Gasteiger charge is -2.08. The molecule has 1 aromatic rings. The maximum absolute atomic E-state index is 5.07. The van der Waals surface area contributed by atoms with Gasteiger partial charge in [0.2, 0.25) is 6.39 Å². The van der Waals surface area contributed by atoms with Crippen LogP contribution >= 0.6 is 12.2 Å². The van der Waals surface area contributed by atoms with E-state index in [9.17, 15) is 0 Å². The van der Waals surface area contributed by atoms with Gasteiger partial charge in [-0.15, -0.1) is 0 Å². The van der Waals surface area contributed by atoms with Gasteiger partial charge in [0, 0.05) is 33.2 Å². The van der Waals surface area contributed by atoms with Crippen LogP contribution in [0.4, 0.5) is 0 Å². The number of ether oxygens (including phenoxy) is 1. The van der Waals surface area contributed by atoms with Crippen LogP contribution in [0.3, 0.4) is 0 Å². The molecule has 2 N–H and O–H groups in total. The van der Waals surface area contributed by atoms with Crippen LogP contribution in [0.2, 0.25) is 0 Å². The molecule has 16 heavy (non-hydrogen) atoms. The molecular formula is C9H16N4O2S. The molecule has 0 bridgehead atoms. The van der Waals surface area contributed by atoms with Crippen LogP contribution < -0.4 is 10.6 Å². The lowest BCUT2D eigenvalue weighted by molar-refractivity contribution is 0.195. The zero-order valence-corrected chi connectivity index (χ0v) is 10.0. The van der Waals surface area contributed by atoms with E-state index in [1.165, 1.54) is 6.39 Å². The molecule has 6 nitrogen and oxygen atoms in total. The van der Waals surface area contributed by atoms with Crippen molar-refractivity contribution in [3.8, 4) is 0 Å². The van der Waals surface area contributed by atoms with Gasteiger partial charge >= 0.3 is 0 Å². The molecule has 0 aliphatic carbocycles. The van der Waals surface area contributed by atoms with Gasteiger partial charge in [-0.3, -0.25) is 0 Å². The van der Waals surface area contributed by atoms with Gasteiger partial charge in [0.25, 0.3) is 0 Å². The van der Waals surface area contributed by atoms with E-state index in [0.29, 0.717) is 23.9 Å². The van der Waals surface area contributed by atoms with Crippen molar-refractivity contribution in [3.05, 3.63) is 12.2 Å². The van der Waals surface area contributed by atoms with E-state index >= 15 is 0 Å². The van der Waals surface area contributed by atoms with Gasteiger partial charge in [0.1, 0.15) is 0 Å². The zero-order chi connectivity index (χ0) is 11.6. The first kappa shape index (κ1) is 12.9. The fourth-order valence-corrected chi connectivity index (χ4v) is 1.28. The van der Waals surface area contributed by atoms with E-state index in [1.807, 2.05) is 0 Å². The van der Waals surface area contributed by atoms with Gasteiger partial charge in [0.05, 0.1) is 0 Å². The highest BCUT2D eigenvalue weighted by Gasteiger charge is 1.99. The minimum absolute atomic E-state index is 0.639. The van der Waals surface area contributed by atoms with E-state index in [4.69, 9.17) is 17.0 Å². The van der Waals surface area contributed by atoms with Gasteiger partial charge in [-0.2, -0.15) is 4.98 Å². The summed E-state index contributed by atoms with van der Waals surface area (Å²) >= 11 is 5.07. The van der Waals surface area contributed by atoms with E-state index in [-0.39, 0.29) is 0 Å². The number of nitrogens with one attached hydrogen (secondary N) is 2. The van der Waals surface area contributed by atoms with Gasteiger partial charge < -0.3 is 19.9 Å². The average molecular weight is 244 g/mol. The van der Waals surface area contributed by atoms with Gasteiger partial charge in [-0.1, -0.05) is 5.16 Å². The summed E-state index contributed by atoms with van der Waals surface area (Å²) in [5.41, 5.74) is 0. The Balaban J connectivity index is 1.98. The van der Waals surface area contributed by atoms with Crippen molar-refractivity contribution in [2.75, 3.05) is 26.8 Å². The molecule has 0 aliphatic heterocycles. The first-order chi connectivity index (χ1) is 7.83. The number of rotatable bonds is 7.